The van der Waals surface area contributed by atoms with Crippen LogP contribution >= 0.6 is 0 Å². The number of alkyl halides is 3. The summed E-state index contributed by atoms with van der Waals surface area (Å²) in [6, 6.07) is 7.12. The number of halogens is 3. The second-order valence-electron chi connectivity index (χ2n) is 4.65. The Labute approximate surface area is 130 Å². The van der Waals surface area contributed by atoms with E-state index in [9.17, 15) is 18.0 Å². The van der Waals surface area contributed by atoms with Crippen LogP contribution in [0.15, 0.2) is 47.1 Å². The van der Waals surface area contributed by atoms with Gasteiger partial charge in [-0.25, -0.2) is 4.79 Å². The van der Waals surface area contributed by atoms with E-state index in [1.165, 1.54) is 25.5 Å². The SMILES string of the molecule is CO[C@H](CNC(=O)Nc1cccc(C(F)(F)F)c1)c1ccco1. The highest BCUT2D eigenvalue weighted by Crippen LogP contribution is 2.30. The molecule has 2 aromatic rings. The third-order valence-electron chi connectivity index (χ3n) is 3.04. The van der Waals surface area contributed by atoms with E-state index in [1.807, 2.05) is 0 Å². The second-order valence-corrected chi connectivity index (χ2v) is 4.65. The summed E-state index contributed by atoms with van der Waals surface area (Å²) >= 11 is 0. The highest BCUT2D eigenvalue weighted by Gasteiger charge is 2.30. The molecule has 23 heavy (non-hydrogen) atoms. The van der Waals surface area contributed by atoms with Gasteiger partial charge in [0, 0.05) is 12.8 Å². The van der Waals surface area contributed by atoms with Crippen molar-refractivity contribution in [3.63, 3.8) is 0 Å². The molecule has 2 rings (SSSR count). The molecule has 8 heteroatoms. The Balaban J connectivity index is 1.92. The summed E-state index contributed by atoms with van der Waals surface area (Å²) in [4.78, 5) is 11.8. The van der Waals surface area contributed by atoms with Crippen molar-refractivity contribution in [2.24, 2.45) is 0 Å². The van der Waals surface area contributed by atoms with Gasteiger partial charge in [0.1, 0.15) is 11.9 Å². The molecule has 0 bridgehead atoms. The second kappa shape index (κ2) is 7.19. The Morgan fingerprint density at radius 1 is 1.30 bits per heavy atom. The minimum absolute atomic E-state index is 0.0456. The van der Waals surface area contributed by atoms with Crippen LogP contribution < -0.4 is 10.6 Å². The average Bonchev–Trinajstić information content (AvgIpc) is 3.01. The number of nitrogens with one attached hydrogen (secondary N) is 2. The van der Waals surface area contributed by atoms with Crippen LogP contribution in [0, 0.1) is 0 Å². The van der Waals surface area contributed by atoms with E-state index in [1.54, 1.807) is 12.1 Å². The maximum Gasteiger partial charge on any atom is 0.416 e. The molecule has 0 aliphatic heterocycles. The quantitative estimate of drug-likeness (QED) is 0.877. The van der Waals surface area contributed by atoms with Crippen LogP contribution in [0.2, 0.25) is 0 Å². The molecule has 0 aliphatic rings. The fraction of sp³-hybridized carbons (Fsp3) is 0.267. The molecule has 0 spiro atoms. The molecule has 2 N–H and O–H groups in total. The van der Waals surface area contributed by atoms with Crippen LogP contribution in [0.4, 0.5) is 23.7 Å². The number of furan rings is 1. The van der Waals surface area contributed by atoms with Crippen molar-refractivity contribution < 1.29 is 27.1 Å². The number of methoxy groups -OCH3 is 1. The topological polar surface area (TPSA) is 63.5 Å². The normalized spacial score (nSPS) is 12.7. The van der Waals surface area contributed by atoms with Crippen molar-refractivity contribution in [1.29, 1.82) is 0 Å². The van der Waals surface area contributed by atoms with Crippen LogP contribution in [-0.4, -0.2) is 19.7 Å². The van der Waals surface area contributed by atoms with E-state index in [-0.39, 0.29) is 12.2 Å². The fourth-order valence-electron chi connectivity index (χ4n) is 1.91. The van der Waals surface area contributed by atoms with Crippen LogP contribution in [-0.2, 0) is 10.9 Å². The first-order valence-electron chi connectivity index (χ1n) is 6.68. The molecule has 124 valence electrons. The van der Waals surface area contributed by atoms with Gasteiger partial charge in [-0.05, 0) is 30.3 Å². The molecule has 1 heterocycles. The Morgan fingerprint density at radius 2 is 2.09 bits per heavy atom. The van der Waals surface area contributed by atoms with E-state index >= 15 is 0 Å². The van der Waals surface area contributed by atoms with Crippen molar-refractivity contribution >= 4 is 11.7 Å². The Morgan fingerprint density at radius 3 is 2.70 bits per heavy atom. The third-order valence-corrected chi connectivity index (χ3v) is 3.04. The minimum Gasteiger partial charge on any atom is -0.467 e. The van der Waals surface area contributed by atoms with Gasteiger partial charge >= 0.3 is 12.2 Å². The van der Waals surface area contributed by atoms with E-state index in [2.05, 4.69) is 10.6 Å². The van der Waals surface area contributed by atoms with Gasteiger partial charge in [0.2, 0.25) is 0 Å². The minimum atomic E-state index is -4.46. The summed E-state index contributed by atoms with van der Waals surface area (Å²) in [7, 11) is 1.46. The molecule has 0 aliphatic carbocycles. The van der Waals surface area contributed by atoms with Crippen molar-refractivity contribution in [3.05, 3.63) is 54.0 Å². The standard InChI is InChI=1S/C15H15F3N2O3/c1-22-13(12-6-3-7-23-12)9-19-14(21)20-11-5-2-4-10(8-11)15(16,17)18/h2-8,13H,9H2,1H3,(H2,19,20,21)/t13-/m1/s1. The van der Waals surface area contributed by atoms with Gasteiger partial charge in [0.05, 0.1) is 18.4 Å². The monoisotopic (exact) mass is 328 g/mol. The van der Waals surface area contributed by atoms with Gasteiger partial charge in [-0.1, -0.05) is 6.07 Å². The molecule has 5 nitrogen and oxygen atoms in total. The van der Waals surface area contributed by atoms with Gasteiger partial charge < -0.3 is 19.8 Å². The summed E-state index contributed by atoms with van der Waals surface area (Å²) in [6.07, 6.45) is -3.48. The Hall–Kier alpha value is -2.48. The van der Waals surface area contributed by atoms with Gasteiger partial charge in [-0.2, -0.15) is 13.2 Å². The lowest BCUT2D eigenvalue weighted by molar-refractivity contribution is -0.137. The third kappa shape index (κ3) is 4.75. The fourth-order valence-corrected chi connectivity index (χ4v) is 1.91. The predicted molar refractivity (Wildman–Crippen MR) is 76.9 cm³/mol. The number of ether oxygens (including phenoxy) is 1. The smallest absolute Gasteiger partial charge is 0.416 e. The van der Waals surface area contributed by atoms with Gasteiger partial charge in [0.25, 0.3) is 0 Å². The first kappa shape index (κ1) is 16.9. The number of rotatable bonds is 5. The van der Waals surface area contributed by atoms with Crippen molar-refractivity contribution in [1.82, 2.24) is 5.32 Å². The predicted octanol–water partition coefficient (Wildman–Crippen LogP) is 3.81. The Kier molecular flexibility index (Phi) is 5.28. The molecule has 1 aromatic heterocycles. The molecule has 1 aromatic carbocycles. The molecule has 2 amide bonds. The van der Waals surface area contributed by atoms with Crippen molar-refractivity contribution in [2.45, 2.75) is 12.3 Å². The molecular weight excluding hydrogens is 313 g/mol. The molecule has 0 saturated carbocycles. The van der Waals surface area contributed by atoms with Gasteiger partial charge in [0.15, 0.2) is 0 Å². The van der Waals surface area contributed by atoms with Crippen LogP contribution in [0.3, 0.4) is 0 Å². The van der Waals surface area contributed by atoms with E-state index in [0.717, 1.165) is 12.1 Å². The molecule has 1 atom stereocenters. The van der Waals surface area contributed by atoms with Crippen molar-refractivity contribution in [3.8, 4) is 0 Å². The number of benzene rings is 1. The molecule has 0 saturated heterocycles. The average molecular weight is 328 g/mol. The van der Waals surface area contributed by atoms with E-state index in [0.29, 0.717) is 5.76 Å². The lowest BCUT2D eigenvalue weighted by Crippen LogP contribution is -2.32. The van der Waals surface area contributed by atoms with E-state index in [4.69, 9.17) is 9.15 Å². The highest BCUT2D eigenvalue weighted by atomic mass is 19.4. The van der Waals surface area contributed by atoms with Gasteiger partial charge in [-0.15, -0.1) is 0 Å². The molecule has 0 fully saturated rings. The van der Waals surface area contributed by atoms with E-state index < -0.39 is 23.9 Å². The number of amides is 2. The van der Waals surface area contributed by atoms with Crippen LogP contribution in [0.1, 0.15) is 17.4 Å². The molecule has 0 radical (unpaired) electrons. The number of hydrogen-bond donors (Lipinski definition) is 2. The molecular formula is C15H15F3N2O3. The van der Waals surface area contributed by atoms with Crippen LogP contribution in [0.25, 0.3) is 0 Å². The summed E-state index contributed by atoms with van der Waals surface area (Å²) in [5.74, 6) is 0.534. The van der Waals surface area contributed by atoms with Gasteiger partial charge in [-0.3, -0.25) is 0 Å². The zero-order valence-electron chi connectivity index (χ0n) is 12.2. The summed E-state index contributed by atoms with van der Waals surface area (Å²) < 4.78 is 48.2. The first-order valence-corrected chi connectivity index (χ1v) is 6.68. The number of anilines is 1. The first-order chi connectivity index (χ1) is 10.9. The number of carbonyl (C=O) groups is 1. The maximum atomic E-state index is 12.6. The maximum absolute atomic E-state index is 12.6. The summed E-state index contributed by atoms with van der Waals surface area (Å²) in [6.45, 7) is 0.106. The molecule has 0 unspecified atom stereocenters. The summed E-state index contributed by atoms with van der Waals surface area (Å²) in [5.41, 5.74) is -0.787. The zero-order chi connectivity index (χ0) is 16.9. The summed E-state index contributed by atoms with van der Waals surface area (Å²) in [5, 5.41) is 4.86. The lowest BCUT2D eigenvalue weighted by Gasteiger charge is -2.15. The highest BCUT2D eigenvalue weighted by molar-refractivity contribution is 5.89. The number of carbonyl (C=O) groups excluding carboxylic acids is 1. The zero-order valence-corrected chi connectivity index (χ0v) is 12.2. The number of hydrogen-bond acceptors (Lipinski definition) is 3. The largest absolute Gasteiger partial charge is 0.467 e. The Bertz CT molecular complexity index is 642. The van der Waals surface area contributed by atoms with Crippen molar-refractivity contribution in [2.75, 3.05) is 19.0 Å². The lowest BCUT2D eigenvalue weighted by atomic mass is 10.2. The van der Waals surface area contributed by atoms with Crippen LogP contribution in [0.5, 0.6) is 0 Å². The number of urea groups is 1.